The highest BCUT2D eigenvalue weighted by molar-refractivity contribution is 5.66. The summed E-state index contributed by atoms with van der Waals surface area (Å²) in [7, 11) is 0. The Hall–Kier alpha value is -0.590. The summed E-state index contributed by atoms with van der Waals surface area (Å²) in [5.41, 5.74) is 1.38. The van der Waals surface area contributed by atoms with Crippen molar-refractivity contribution in [3.8, 4) is 0 Å². The van der Waals surface area contributed by atoms with E-state index in [4.69, 9.17) is 0 Å². The Labute approximate surface area is 74.9 Å². The van der Waals surface area contributed by atoms with Crippen molar-refractivity contribution in [2.75, 3.05) is 0 Å². The average Bonchev–Trinajstić information content (AvgIpc) is 2.34. The molecule has 12 heavy (non-hydrogen) atoms. The van der Waals surface area contributed by atoms with Crippen LogP contribution in [0.4, 0.5) is 0 Å². The standard InChI is InChI=1S/C11H18O/c1-8(2)10-5-4-9(3)11(10)6-7-12/h6-10H,4-5H2,1-3H3/b11-6+/t9-,10+/m0/s1. The van der Waals surface area contributed by atoms with Crippen LogP contribution in [0.25, 0.3) is 0 Å². The lowest BCUT2D eigenvalue weighted by Gasteiger charge is -2.17. The fourth-order valence-corrected chi connectivity index (χ4v) is 2.21. The maximum absolute atomic E-state index is 10.4. The summed E-state index contributed by atoms with van der Waals surface area (Å²) in [5.74, 6) is 1.97. The molecular formula is C11H18O. The van der Waals surface area contributed by atoms with Crippen LogP contribution in [0.3, 0.4) is 0 Å². The second-order valence-corrected chi connectivity index (χ2v) is 4.13. The molecule has 1 fully saturated rings. The van der Waals surface area contributed by atoms with E-state index >= 15 is 0 Å². The van der Waals surface area contributed by atoms with Crippen LogP contribution in [0.15, 0.2) is 11.6 Å². The molecule has 1 nitrogen and oxygen atoms in total. The third kappa shape index (κ3) is 1.77. The number of aldehydes is 1. The Morgan fingerprint density at radius 1 is 1.42 bits per heavy atom. The Bertz CT molecular complexity index is 191. The summed E-state index contributed by atoms with van der Waals surface area (Å²) in [6, 6.07) is 0. The van der Waals surface area contributed by atoms with Gasteiger partial charge in [0.05, 0.1) is 0 Å². The number of hydrogen-bond acceptors (Lipinski definition) is 1. The molecule has 0 saturated heterocycles. The maximum Gasteiger partial charge on any atom is 0.142 e. The number of allylic oxidation sites excluding steroid dienone is 2. The van der Waals surface area contributed by atoms with Gasteiger partial charge < -0.3 is 0 Å². The van der Waals surface area contributed by atoms with Gasteiger partial charge in [-0.15, -0.1) is 0 Å². The summed E-state index contributed by atoms with van der Waals surface area (Å²) < 4.78 is 0. The molecule has 0 radical (unpaired) electrons. The van der Waals surface area contributed by atoms with Crippen molar-refractivity contribution >= 4 is 6.29 Å². The molecule has 68 valence electrons. The van der Waals surface area contributed by atoms with Gasteiger partial charge in [-0.3, -0.25) is 4.79 Å². The zero-order chi connectivity index (χ0) is 9.14. The molecule has 0 aromatic carbocycles. The van der Waals surface area contributed by atoms with Gasteiger partial charge in [-0.1, -0.05) is 26.3 Å². The van der Waals surface area contributed by atoms with E-state index in [1.165, 1.54) is 18.4 Å². The Morgan fingerprint density at radius 2 is 2.08 bits per heavy atom. The molecule has 0 aliphatic heterocycles. The molecule has 2 atom stereocenters. The first kappa shape index (κ1) is 9.50. The quantitative estimate of drug-likeness (QED) is 0.455. The molecule has 1 rings (SSSR count). The van der Waals surface area contributed by atoms with Gasteiger partial charge in [-0.2, -0.15) is 0 Å². The van der Waals surface area contributed by atoms with Crippen LogP contribution in [0.2, 0.25) is 0 Å². The molecule has 1 saturated carbocycles. The first-order chi connectivity index (χ1) is 5.66. The molecule has 0 N–H and O–H groups in total. The van der Waals surface area contributed by atoms with E-state index in [9.17, 15) is 4.79 Å². The van der Waals surface area contributed by atoms with E-state index in [1.807, 2.05) is 0 Å². The molecular weight excluding hydrogens is 148 g/mol. The van der Waals surface area contributed by atoms with Gasteiger partial charge in [0, 0.05) is 0 Å². The fraction of sp³-hybridized carbons (Fsp3) is 0.727. The lowest BCUT2D eigenvalue weighted by Crippen LogP contribution is -2.07. The molecule has 1 aliphatic rings. The highest BCUT2D eigenvalue weighted by Crippen LogP contribution is 2.39. The van der Waals surface area contributed by atoms with Crippen LogP contribution in [0.5, 0.6) is 0 Å². The molecule has 0 aromatic heterocycles. The second kappa shape index (κ2) is 3.88. The number of hydrogen-bond donors (Lipinski definition) is 0. The SMILES string of the molecule is CC(C)[C@H]1CC[C@H](C)/C1=C\C=O. The van der Waals surface area contributed by atoms with E-state index in [0.29, 0.717) is 17.8 Å². The van der Waals surface area contributed by atoms with Crippen molar-refractivity contribution in [2.24, 2.45) is 17.8 Å². The van der Waals surface area contributed by atoms with Gasteiger partial charge in [-0.05, 0) is 36.7 Å². The van der Waals surface area contributed by atoms with Gasteiger partial charge in [0.1, 0.15) is 6.29 Å². The van der Waals surface area contributed by atoms with Crippen molar-refractivity contribution in [3.05, 3.63) is 11.6 Å². The van der Waals surface area contributed by atoms with Gasteiger partial charge in [0.2, 0.25) is 0 Å². The zero-order valence-electron chi connectivity index (χ0n) is 8.21. The minimum atomic E-state index is 0.627. The molecule has 0 heterocycles. The van der Waals surface area contributed by atoms with E-state index in [2.05, 4.69) is 20.8 Å². The van der Waals surface area contributed by atoms with E-state index in [1.54, 1.807) is 6.08 Å². The Kier molecular flexibility index (Phi) is 3.07. The molecule has 0 unspecified atom stereocenters. The van der Waals surface area contributed by atoms with Crippen LogP contribution in [0, 0.1) is 17.8 Å². The van der Waals surface area contributed by atoms with Gasteiger partial charge in [0.25, 0.3) is 0 Å². The Morgan fingerprint density at radius 3 is 2.58 bits per heavy atom. The van der Waals surface area contributed by atoms with Gasteiger partial charge in [0.15, 0.2) is 0 Å². The van der Waals surface area contributed by atoms with Gasteiger partial charge >= 0.3 is 0 Å². The first-order valence-electron chi connectivity index (χ1n) is 4.82. The van der Waals surface area contributed by atoms with Crippen LogP contribution in [-0.2, 0) is 4.79 Å². The molecule has 1 heteroatoms. The minimum Gasteiger partial charge on any atom is -0.299 e. The average molecular weight is 166 g/mol. The summed E-state index contributed by atoms with van der Waals surface area (Å²) in [6.07, 6.45) is 5.23. The van der Waals surface area contributed by atoms with Crippen LogP contribution in [0.1, 0.15) is 33.6 Å². The summed E-state index contributed by atoms with van der Waals surface area (Å²) in [5, 5.41) is 0. The maximum atomic E-state index is 10.4. The van der Waals surface area contributed by atoms with Crippen LogP contribution >= 0.6 is 0 Å². The molecule has 0 amide bonds. The predicted molar refractivity (Wildman–Crippen MR) is 50.9 cm³/mol. The molecule has 0 bridgehead atoms. The highest BCUT2D eigenvalue weighted by atomic mass is 16.1. The van der Waals surface area contributed by atoms with Crippen LogP contribution in [-0.4, -0.2) is 6.29 Å². The zero-order valence-corrected chi connectivity index (χ0v) is 8.21. The highest BCUT2D eigenvalue weighted by Gasteiger charge is 2.28. The van der Waals surface area contributed by atoms with E-state index < -0.39 is 0 Å². The number of carbonyl (C=O) groups excluding carboxylic acids is 1. The monoisotopic (exact) mass is 166 g/mol. The molecule has 1 aliphatic carbocycles. The number of carbonyl (C=O) groups is 1. The van der Waals surface area contributed by atoms with Crippen molar-refractivity contribution in [1.29, 1.82) is 0 Å². The van der Waals surface area contributed by atoms with E-state index in [0.717, 1.165) is 6.29 Å². The second-order valence-electron chi connectivity index (χ2n) is 4.13. The smallest absolute Gasteiger partial charge is 0.142 e. The largest absolute Gasteiger partial charge is 0.299 e. The topological polar surface area (TPSA) is 17.1 Å². The normalized spacial score (nSPS) is 33.2. The minimum absolute atomic E-state index is 0.627. The van der Waals surface area contributed by atoms with Crippen molar-refractivity contribution < 1.29 is 4.79 Å². The number of rotatable bonds is 2. The summed E-state index contributed by atoms with van der Waals surface area (Å²) in [6.45, 7) is 6.69. The fourth-order valence-electron chi connectivity index (χ4n) is 2.21. The Balaban J connectivity index is 2.77. The predicted octanol–water partition coefficient (Wildman–Crippen LogP) is 2.81. The van der Waals surface area contributed by atoms with Crippen molar-refractivity contribution in [2.45, 2.75) is 33.6 Å². The van der Waals surface area contributed by atoms with E-state index in [-0.39, 0.29) is 0 Å². The summed E-state index contributed by atoms with van der Waals surface area (Å²) in [4.78, 5) is 10.4. The molecule has 0 aromatic rings. The third-order valence-electron chi connectivity index (χ3n) is 2.97. The van der Waals surface area contributed by atoms with Crippen LogP contribution < -0.4 is 0 Å². The lowest BCUT2D eigenvalue weighted by molar-refractivity contribution is -0.104. The first-order valence-corrected chi connectivity index (χ1v) is 4.82. The van der Waals surface area contributed by atoms with Crippen molar-refractivity contribution in [3.63, 3.8) is 0 Å². The molecule has 0 spiro atoms. The lowest BCUT2D eigenvalue weighted by atomic mass is 9.88. The third-order valence-corrected chi connectivity index (χ3v) is 2.97. The van der Waals surface area contributed by atoms with Gasteiger partial charge in [-0.25, -0.2) is 0 Å². The summed E-state index contributed by atoms with van der Waals surface area (Å²) >= 11 is 0. The van der Waals surface area contributed by atoms with Crippen molar-refractivity contribution in [1.82, 2.24) is 0 Å².